The predicted octanol–water partition coefficient (Wildman–Crippen LogP) is 0.400. The van der Waals surface area contributed by atoms with Crippen LogP contribution in [0, 0.1) is 5.92 Å². The van der Waals surface area contributed by atoms with Crippen molar-refractivity contribution in [2.45, 2.75) is 50.6 Å². The fourth-order valence-electron chi connectivity index (χ4n) is 4.30. The molecule has 2 saturated heterocycles. The molecule has 2 atom stereocenters. The largest absolute Gasteiger partial charge is 0.368 e. The molecule has 1 aliphatic carbocycles. The first-order valence-electron chi connectivity index (χ1n) is 8.67. The second kappa shape index (κ2) is 6.23. The van der Waals surface area contributed by atoms with Crippen LogP contribution in [0.15, 0.2) is 0 Å². The van der Waals surface area contributed by atoms with Gasteiger partial charge in [-0.3, -0.25) is 14.6 Å². The molecule has 3 aliphatic rings. The van der Waals surface area contributed by atoms with Crippen molar-refractivity contribution in [2.24, 2.45) is 11.7 Å². The third kappa shape index (κ3) is 3.10. The number of carbonyl (C=O) groups is 1. The van der Waals surface area contributed by atoms with Crippen LogP contribution in [0.4, 0.5) is 0 Å². The van der Waals surface area contributed by atoms with Crippen LogP contribution in [0.2, 0.25) is 0 Å². The van der Waals surface area contributed by atoms with Crippen molar-refractivity contribution in [3.05, 3.63) is 0 Å². The van der Waals surface area contributed by atoms with E-state index in [2.05, 4.69) is 22.0 Å². The second-order valence-electron chi connectivity index (χ2n) is 7.06. The highest BCUT2D eigenvalue weighted by molar-refractivity contribution is 5.86. The van der Waals surface area contributed by atoms with Gasteiger partial charge in [0.1, 0.15) is 5.54 Å². The van der Waals surface area contributed by atoms with E-state index in [4.69, 9.17) is 5.73 Å². The summed E-state index contributed by atoms with van der Waals surface area (Å²) in [6.07, 6.45) is 6.21. The number of primary amides is 1. The zero-order valence-electron chi connectivity index (χ0n) is 13.3. The molecule has 0 spiro atoms. The van der Waals surface area contributed by atoms with Crippen molar-refractivity contribution in [3.63, 3.8) is 0 Å². The van der Waals surface area contributed by atoms with Crippen molar-refractivity contribution in [1.29, 1.82) is 0 Å². The number of likely N-dealkylation sites (tertiary alicyclic amines) is 2. The Morgan fingerprint density at radius 3 is 2.52 bits per heavy atom. The standard InChI is InChI=1S/C16H30N4O/c1-2-18-16(15(17)21,13-5-6-13)12-19-10-7-14(11-19)20-8-3-4-9-20/h13-14,18H,2-12H2,1H3,(H2,17,21). The Morgan fingerprint density at radius 1 is 1.24 bits per heavy atom. The van der Waals surface area contributed by atoms with Crippen molar-refractivity contribution in [3.8, 4) is 0 Å². The molecule has 0 aromatic carbocycles. The number of amides is 1. The van der Waals surface area contributed by atoms with Crippen LogP contribution in [-0.2, 0) is 4.79 Å². The molecule has 120 valence electrons. The van der Waals surface area contributed by atoms with Gasteiger partial charge in [0.25, 0.3) is 0 Å². The molecule has 0 aromatic rings. The lowest BCUT2D eigenvalue weighted by Crippen LogP contribution is -2.63. The summed E-state index contributed by atoms with van der Waals surface area (Å²) in [4.78, 5) is 17.2. The fraction of sp³-hybridized carbons (Fsp3) is 0.938. The first-order chi connectivity index (χ1) is 10.2. The molecule has 2 unspecified atom stereocenters. The monoisotopic (exact) mass is 294 g/mol. The summed E-state index contributed by atoms with van der Waals surface area (Å²) in [5, 5.41) is 3.44. The smallest absolute Gasteiger partial charge is 0.239 e. The van der Waals surface area contributed by atoms with Gasteiger partial charge in [0.05, 0.1) is 0 Å². The summed E-state index contributed by atoms with van der Waals surface area (Å²) < 4.78 is 0. The van der Waals surface area contributed by atoms with Gasteiger partial charge in [0, 0.05) is 19.1 Å². The summed E-state index contributed by atoms with van der Waals surface area (Å²) in [6.45, 7) is 8.40. The van der Waals surface area contributed by atoms with Crippen molar-refractivity contribution in [2.75, 3.05) is 39.3 Å². The third-order valence-electron chi connectivity index (χ3n) is 5.58. The third-order valence-corrected chi connectivity index (χ3v) is 5.58. The first-order valence-corrected chi connectivity index (χ1v) is 8.67. The van der Waals surface area contributed by atoms with E-state index < -0.39 is 5.54 Å². The Labute approximate surface area is 128 Å². The molecule has 5 nitrogen and oxygen atoms in total. The van der Waals surface area contributed by atoms with Crippen LogP contribution in [0.5, 0.6) is 0 Å². The highest BCUT2D eigenvalue weighted by Crippen LogP contribution is 2.40. The number of rotatable bonds is 7. The number of carbonyl (C=O) groups excluding carboxylic acids is 1. The average molecular weight is 294 g/mol. The topological polar surface area (TPSA) is 61.6 Å². The molecule has 3 rings (SSSR count). The highest BCUT2D eigenvalue weighted by Gasteiger charge is 2.50. The van der Waals surface area contributed by atoms with Gasteiger partial charge in [0.15, 0.2) is 0 Å². The molecule has 0 radical (unpaired) electrons. The van der Waals surface area contributed by atoms with E-state index in [1.807, 2.05) is 0 Å². The maximum Gasteiger partial charge on any atom is 0.239 e. The van der Waals surface area contributed by atoms with E-state index in [0.29, 0.717) is 12.0 Å². The lowest BCUT2D eigenvalue weighted by atomic mass is 9.91. The molecule has 2 aliphatic heterocycles. The van der Waals surface area contributed by atoms with Crippen LogP contribution in [-0.4, -0.2) is 66.6 Å². The van der Waals surface area contributed by atoms with E-state index in [9.17, 15) is 4.79 Å². The quantitative estimate of drug-likeness (QED) is 0.713. The molecule has 1 saturated carbocycles. The fourth-order valence-corrected chi connectivity index (χ4v) is 4.30. The lowest BCUT2D eigenvalue weighted by Gasteiger charge is -2.36. The van der Waals surface area contributed by atoms with Gasteiger partial charge < -0.3 is 11.1 Å². The molecule has 2 heterocycles. The van der Waals surface area contributed by atoms with Crippen molar-refractivity contribution in [1.82, 2.24) is 15.1 Å². The lowest BCUT2D eigenvalue weighted by molar-refractivity contribution is -0.126. The van der Waals surface area contributed by atoms with Gasteiger partial charge in [-0.1, -0.05) is 6.92 Å². The van der Waals surface area contributed by atoms with Gasteiger partial charge in [-0.05, 0) is 64.2 Å². The minimum atomic E-state index is -0.491. The van der Waals surface area contributed by atoms with Gasteiger partial charge in [-0.2, -0.15) is 0 Å². The highest BCUT2D eigenvalue weighted by atomic mass is 16.1. The van der Waals surface area contributed by atoms with Crippen molar-refractivity contribution < 1.29 is 4.79 Å². The van der Waals surface area contributed by atoms with E-state index >= 15 is 0 Å². The Kier molecular flexibility index (Phi) is 4.52. The van der Waals surface area contributed by atoms with E-state index in [0.717, 1.165) is 39.0 Å². The zero-order valence-corrected chi connectivity index (χ0v) is 13.3. The normalized spacial score (nSPS) is 30.6. The number of nitrogens with two attached hydrogens (primary N) is 1. The van der Waals surface area contributed by atoms with E-state index in [1.54, 1.807) is 0 Å². The predicted molar refractivity (Wildman–Crippen MR) is 84.0 cm³/mol. The van der Waals surface area contributed by atoms with E-state index in [-0.39, 0.29) is 5.91 Å². The number of hydrogen-bond donors (Lipinski definition) is 2. The molecule has 5 heteroatoms. The maximum atomic E-state index is 12.1. The molecule has 21 heavy (non-hydrogen) atoms. The van der Waals surface area contributed by atoms with Crippen LogP contribution >= 0.6 is 0 Å². The molecular weight excluding hydrogens is 264 g/mol. The zero-order chi connectivity index (χ0) is 14.9. The molecule has 1 amide bonds. The average Bonchev–Trinajstić information content (AvgIpc) is 2.99. The van der Waals surface area contributed by atoms with E-state index in [1.165, 1.54) is 32.4 Å². The summed E-state index contributed by atoms with van der Waals surface area (Å²) >= 11 is 0. The second-order valence-corrected chi connectivity index (χ2v) is 7.06. The molecular formula is C16H30N4O. The Hall–Kier alpha value is -0.650. The number of nitrogens with one attached hydrogen (secondary N) is 1. The number of hydrogen-bond acceptors (Lipinski definition) is 4. The maximum absolute atomic E-state index is 12.1. The van der Waals surface area contributed by atoms with Crippen LogP contribution in [0.3, 0.4) is 0 Å². The van der Waals surface area contributed by atoms with Gasteiger partial charge in [-0.25, -0.2) is 0 Å². The Bertz CT molecular complexity index is 378. The van der Waals surface area contributed by atoms with Crippen LogP contribution in [0.25, 0.3) is 0 Å². The summed E-state index contributed by atoms with van der Waals surface area (Å²) in [5.74, 6) is 0.289. The Balaban J connectivity index is 1.62. The van der Waals surface area contributed by atoms with Crippen LogP contribution < -0.4 is 11.1 Å². The summed E-state index contributed by atoms with van der Waals surface area (Å²) in [5.41, 5.74) is 5.30. The first kappa shape index (κ1) is 15.3. The van der Waals surface area contributed by atoms with Gasteiger partial charge >= 0.3 is 0 Å². The summed E-state index contributed by atoms with van der Waals surface area (Å²) in [6, 6.07) is 0.693. The van der Waals surface area contributed by atoms with Gasteiger partial charge in [-0.15, -0.1) is 0 Å². The molecule has 3 N–H and O–H groups in total. The van der Waals surface area contributed by atoms with Crippen molar-refractivity contribution >= 4 is 5.91 Å². The number of likely N-dealkylation sites (N-methyl/N-ethyl adjacent to an activating group) is 1. The Morgan fingerprint density at radius 2 is 1.95 bits per heavy atom. The van der Waals surface area contributed by atoms with Gasteiger partial charge in [0.2, 0.25) is 5.91 Å². The molecule has 0 bridgehead atoms. The molecule has 3 fully saturated rings. The minimum absolute atomic E-state index is 0.156. The summed E-state index contributed by atoms with van der Waals surface area (Å²) in [7, 11) is 0. The SMILES string of the molecule is CCNC(CN1CCC(N2CCCC2)C1)(C(N)=O)C1CC1. The van der Waals surface area contributed by atoms with Crippen LogP contribution in [0.1, 0.15) is 39.0 Å². The minimum Gasteiger partial charge on any atom is -0.368 e. The number of nitrogens with zero attached hydrogens (tertiary/aromatic N) is 2. The molecule has 0 aromatic heterocycles.